The summed E-state index contributed by atoms with van der Waals surface area (Å²) in [4.78, 5) is 14.6. The predicted molar refractivity (Wildman–Crippen MR) is 92.3 cm³/mol. The molecule has 0 spiro atoms. The molecule has 0 fully saturated rings. The van der Waals surface area contributed by atoms with Crippen LogP contribution in [0.25, 0.3) is 16.7 Å². The first-order valence-electron chi connectivity index (χ1n) is 7.85. The van der Waals surface area contributed by atoms with E-state index < -0.39 is 0 Å². The maximum absolute atomic E-state index is 4.52. The lowest BCUT2D eigenvalue weighted by Crippen LogP contribution is -3.06. The molecular formula is C17H23N6+. The van der Waals surface area contributed by atoms with E-state index in [0.29, 0.717) is 0 Å². The van der Waals surface area contributed by atoms with Gasteiger partial charge in [0.2, 0.25) is 0 Å². The zero-order valence-electron chi connectivity index (χ0n) is 14.1. The monoisotopic (exact) mass is 311 g/mol. The second kappa shape index (κ2) is 6.34. The minimum Gasteiger partial charge on any atom is -0.364 e. The van der Waals surface area contributed by atoms with E-state index in [0.717, 1.165) is 41.3 Å². The molecule has 120 valence electrons. The van der Waals surface area contributed by atoms with Gasteiger partial charge in [0.15, 0.2) is 5.65 Å². The maximum atomic E-state index is 4.52. The molecule has 0 bridgehead atoms. The standard InChI is InChI=1S/C17H22N6/c1-12-13(2)23(14-6-5-7-18-10-14)17-15(12)16(20-11-21-17)19-8-9-22(3)4/h5-7,10-11H,8-9H2,1-4H3,(H,19,20,21)/p+1. The highest BCUT2D eigenvalue weighted by molar-refractivity contribution is 5.93. The molecule has 0 saturated carbocycles. The molecule has 0 radical (unpaired) electrons. The number of rotatable bonds is 5. The Morgan fingerprint density at radius 1 is 1.22 bits per heavy atom. The molecule has 3 aromatic heterocycles. The van der Waals surface area contributed by atoms with Crippen LogP contribution in [0, 0.1) is 13.8 Å². The van der Waals surface area contributed by atoms with E-state index in [9.17, 15) is 0 Å². The van der Waals surface area contributed by atoms with E-state index in [4.69, 9.17) is 0 Å². The Hall–Kier alpha value is -2.47. The molecule has 0 saturated heterocycles. The van der Waals surface area contributed by atoms with Crippen LogP contribution in [-0.2, 0) is 0 Å². The van der Waals surface area contributed by atoms with Crippen molar-refractivity contribution in [3.05, 3.63) is 42.1 Å². The summed E-state index contributed by atoms with van der Waals surface area (Å²) in [6.07, 6.45) is 5.26. The molecular weight excluding hydrogens is 288 g/mol. The van der Waals surface area contributed by atoms with Crippen LogP contribution in [0.2, 0.25) is 0 Å². The fraction of sp³-hybridized carbons (Fsp3) is 0.353. The Morgan fingerprint density at radius 3 is 2.74 bits per heavy atom. The van der Waals surface area contributed by atoms with Gasteiger partial charge in [0, 0.05) is 11.9 Å². The summed E-state index contributed by atoms with van der Waals surface area (Å²) in [6, 6.07) is 3.99. The SMILES string of the molecule is Cc1c(C)n(-c2cccnc2)c2ncnc(NCC[NH+](C)C)c12. The molecule has 0 unspecified atom stereocenters. The Labute approximate surface area is 136 Å². The van der Waals surface area contributed by atoms with Crippen molar-refractivity contribution in [2.45, 2.75) is 13.8 Å². The number of pyridine rings is 1. The van der Waals surface area contributed by atoms with Crippen molar-refractivity contribution in [2.75, 3.05) is 32.5 Å². The molecule has 3 rings (SSSR count). The molecule has 2 N–H and O–H groups in total. The fourth-order valence-electron chi connectivity index (χ4n) is 2.77. The van der Waals surface area contributed by atoms with Gasteiger partial charge in [-0.3, -0.25) is 9.55 Å². The van der Waals surface area contributed by atoms with Crippen molar-refractivity contribution in [2.24, 2.45) is 0 Å². The van der Waals surface area contributed by atoms with Crippen LogP contribution in [0.3, 0.4) is 0 Å². The van der Waals surface area contributed by atoms with Gasteiger partial charge in [-0.1, -0.05) is 0 Å². The first-order chi connectivity index (χ1) is 11.1. The normalized spacial score (nSPS) is 11.3. The third kappa shape index (κ3) is 2.90. The maximum Gasteiger partial charge on any atom is 0.150 e. The van der Waals surface area contributed by atoms with Crippen molar-refractivity contribution in [1.82, 2.24) is 19.5 Å². The van der Waals surface area contributed by atoms with Gasteiger partial charge in [-0.2, -0.15) is 0 Å². The first kappa shape index (κ1) is 15.4. The van der Waals surface area contributed by atoms with Gasteiger partial charge in [0.05, 0.1) is 44.5 Å². The molecule has 0 aliphatic rings. The summed E-state index contributed by atoms with van der Waals surface area (Å²) in [5.41, 5.74) is 4.30. The molecule has 3 aromatic rings. The van der Waals surface area contributed by atoms with Crippen molar-refractivity contribution in [3.8, 4) is 5.69 Å². The second-order valence-electron chi connectivity index (χ2n) is 6.06. The number of nitrogens with one attached hydrogen (secondary N) is 2. The molecule has 23 heavy (non-hydrogen) atoms. The number of fused-ring (bicyclic) bond motifs is 1. The quantitative estimate of drug-likeness (QED) is 0.738. The number of quaternary nitrogens is 1. The average Bonchev–Trinajstić information content (AvgIpc) is 2.80. The van der Waals surface area contributed by atoms with Gasteiger partial charge in [-0.25, -0.2) is 9.97 Å². The topological polar surface area (TPSA) is 60.1 Å². The minimum atomic E-state index is 0.880. The van der Waals surface area contributed by atoms with Gasteiger partial charge in [-0.15, -0.1) is 0 Å². The van der Waals surface area contributed by atoms with Crippen LogP contribution in [0.4, 0.5) is 5.82 Å². The number of aryl methyl sites for hydroxylation is 1. The largest absolute Gasteiger partial charge is 0.364 e. The van der Waals surface area contributed by atoms with Crippen LogP contribution >= 0.6 is 0 Å². The van der Waals surface area contributed by atoms with Crippen molar-refractivity contribution >= 4 is 16.9 Å². The lowest BCUT2D eigenvalue weighted by atomic mass is 10.2. The highest BCUT2D eigenvalue weighted by Crippen LogP contribution is 2.30. The summed E-state index contributed by atoms with van der Waals surface area (Å²) < 4.78 is 2.14. The lowest BCUT2D eigenvalue weighted by Gasteiger charge is -2.10. The van der Waals surface area contributed by atoms with Gasteiger partial charge in [-0.05, 0) is 31.5 Å². The summed E-state index contributed by atoms with van der Waals surface area (Å²) in [5.74, 6) is 0.902. The van der Waals surface area contributed by atoms with Gasteiger partial charge in [0.25, 0.3) is 0 Å². The molecule has 0 amide bonds. The number of anilines is 1. The molecule has 0 aliphatic heterocycles. The predicted octanol–water partition coefficient (Wildman–Crippen LogP) is 0.989. The number of hydrogen-bond acceptors (Lipinski definition) is 4. The zero-order valence-corrected chi connectivity index (χ0v) is 14.1. The van der Waals surface area contributed by atoms with Crippen LogP contribution in [0.5, 0.6) is 0 Å². The highest BCUT2D eigenvalue weighted by atomic mass is 15.1. The molecule has 6 nitrogen and oxygen atoms in total. The molecule has 0 aromatic carbocycles. The number of likely N-dealkylation sites (N-methyl/N-ethyl adjacent to an activating group) is 1. The Morgan fingerprint density at radius 2 is 2.04 bits per heavy atom. The third-order valence-electron chi connectivity index (χ3n) is 4.11. The van der Waals surface area contributed by atoms with Crippen LogP contribution < -0.4 is 10.2 Å². The first-order valence-corrected chi connectivity index (χ1v) is 7.85. The van der Waals surface area contributed by atoms with Gasteiger partial charge in [0.1, 0.15) is 12.1 Å². The van der Waals surface area contributed by atoms with E-state index >= 15 is 0 Å². The Bertz CT molecular complexity index is 807. The summed E-state index contributed by atoms with van der Waals surface area (Å²) in [5, 5.41) is 4.54. The summed E-state index contributed by atoms with van der Waals surface area (Å²) in [7, 11) is 4.29. The lowest BCUT2D eigenvalue weighted by molar-refractivity contribution is -0.856. The van der Waals surface area contributed by atoms with E-state index in [1.54, 1.807) is 12.5 Å². The van der Waals surface area contributed by atoms with Crippen LogP contribution in [0.15, 0.2) is 30.9 Å². The summed E-state index contributed by atoms with van der Waals surface area (Å²) >= 11 is 0. The van der Waals surface area contributed by atoms with Gasteiger partial charge >= 0.3 is 0 Å². The molecule has 6 heteroatoms. The number of aromatic nitrogens is 4. The molecule has 0 atom stereocenters. The van der Waals surface area contributed by atoms with Crippen molar-refractivity contribution < 1.29 is 4.90 Å². The fourth-order valence-corrected chi connectivity index (χ4v) is 2.77. The number of hydrogen-bond donors (Lipinski definition) is 2. The van der Waals surface area contributed by atoms with E-state index in [-0.39, 0.29) is 0 Å². The van der Waals surface area contributed by atoms with E-state index in [2.05, 4.69) is 52.8 Å². The molecule has 3 heterocycles. The van der Waals surface area contributed by atoms with Gasteiger partial charge < -0.3 is 10.2 Å². The zero-order chi connectivity index (χ0) is 16.4. The van der Waals surface area contributed by atoms with Crippen molar-refractivity contribution in [1.29, 1.82) is 0 Å². The minimum absolute atomic E-state index is 0.880. The van der Waals surface area contributed by atoms with Crippen LogP contribution in [0.1, 0.15) is 11.3 Å². The second-order valence-corrected chi connectivity index (χ2v) is 6.06. The number of nitrogens with zero attached hydrogens (tertiary/aromatic N) is 4. The Balaban J connectivity index is 2.09. The average molecular weight is 311 g/mol. The third-order valence-corrected chi connectivity index (χ3v) is 4.11. The highest BCUT2D eigenvalue weighted by Gasteiger charge is 2.17. The van der Waals surface area contributed by atoms with Crippen molar-refractivity contribution in [3.63, 3.8) is 0 Å². The molecule has 0 aliphatic carbocycles. The van der Waals surface area contributed by atoms with Crippen LogP contribution in [-0.4, -0.2) is 46.7 Å². The van der Waals surface area contributed by atoms with E-state index in [1.807, 2.05) is 18.3 Å². The van der Waals surface area contributed by atoms with E-state index in [1.165, 1.54) is 10.5 Å². The summed E-state index contributed by atoms with van der Waals surface area (Å²) in [6.45, 7) is 6.14. The Kier molecular flexibility index (Phi) is 4.25. The smallest absolute Gasteiger partial charge is 0.150 e.